The number of phenols is 1. The first-order valence-electron chi connectivity index (χ1n) is 14.1. The standard InChI is InChI=1S/C34H44O6/c1-8-37-25(4)38-31-17-11-27(12-18-31)24(3)22-29(21-23(2)26-9-15-30(35)16-10-26)28-13-19-32(20-14-28)39-33(36)40-34(5,6)7/h9-20,23-25,29,35H,8,21-22H2,1-7H3. The third kappa shape index (κ3) is 9.91. The molecule has 4 atom stereocenters. The Kier molecular flexibility index (Phi) is 11.0. The lowest BCUT2D eigenvalue weighted by atomic mass is 9.79. The summed E-state index contributed by atoms with van der Waals surface area (Å²) in [4.78, 5) is 12.1. The molecule has 0 saturated carbocycles. The van der Waals surface area contributed by atoms with E-state index in [1.165, 1.54) is 16.7 Å². The minimum atomic E-state index is -0.713. The van der Waals surface area contributed by atoms with E-state index in [4.69, 9.17) is 18.9 Å². The van der Waals surface area contributed by atoms with Gasteiger partial charge in [-0.05, 0) is 118 Å². The zero-order valence-corrected chi connectivity index (χ0v) is 24.8. The highest BCUT2D eigenvalue weighted by Gasteiger charge is 2.22. The third-order valence-electron chi connectivity index (χ3n) is 6.83. The lowest BCUT2D eigenvalue weighted by molar-refractivity contribution is -0.0613. The fourth-order valence-corrected chi connectivity index (χ4v) is 4.81. The molecule has 3 aromatic carbocycles. The van der Waals surface area contributed by atoms with Gasteiger partial charge in [0.1, 0.15) is 22.8 Å². The molecule has 6 heteroatoms. The first-order valence-corrected chi connectivity index (χ1v) is 14.1. The van der Waals surface area contributed by atoms with Crippen LogP contribution >= 0.6 is 0 Å². The predicted molar refractivity (Wildman–Crippen MR) is 158 cm³/mol. The summed E-state index contributed by atoms with van der Waals surface area (Å²) in [6, 6.07) is 23.4. The fraction of sp³-hybridized carbons (Fsp3) is 0.441. The highest BCUT2D eigenvalue weighted by molar-refractivity contribution is 5.64. The Labute approximate surface area is 239 Å². The van der Waals surface area contributed by atoms with Crippen molar-refractivity contribution in [2.24, 2.45) is 0 Å². The van der Waals surface area contributed by atoms with Crippen molar-refractivity contribution in [1.82, 2.24) is 0 Å². The summed E-state index contributed by atoms with van der Waals surface area (Å²) >= 11 is 0. The second-order valence-electron chi connectivity index (χ2n) is 11.4. The molecule has 0 aromatic heterocycles. The zero-order chi connectivity index (χ0) is 29.3. The molecule has 0 amide bonds. The van der Waals surface area contributed by atoms with Gasteiger partial charge >= 0.3 is 6.16 Å². The summed E-state index contributed by atoms with van der Waals surface area (Å²) in [5, 5.41) is 9.73. The largest absolute Gasteiger partial charge is 0.514 e. The molecule has 0 aliphatic carbocycles. The minimum absolute atomic E-state index is 0.253. The molecule has 0 heterocycles. The van der Waals surface area contributed by atoms with Gasteiger partial charge in [0.25, 0.3) is 0 Å². The number of carbonyl (C=O) groups is 1. The first kappa shape index (κ1) is 31.0. The summed E-state index contributed by atoms with van der Waals surface area (Å²) in [5.41, 5.74) is 2.99. The van der Waals surface area contributed by atoms with E-state index in [1.807, 2.05) is 62.4 Å². The van der Waals surface area contributed by atoms with Crippen LogP contribution in [-0.2, 0) is 9.47 Å². The van der Waals surface area contributed by atoms with E-state index in [2.05, 4.69) is 26.0 Å². The Morgan fingerprint density at radius 1 is 0.750 bits per heavy atom. The van der Waals surface area contributed by atoms with E-state index in [0.717, 1.165) is 18.6 Å². The molecule has 0 spiro atoms. The summed E-state index contributed by atoms with van der Waals surface area (Å²) in [7, 11) is 0. The Bertz CT molecular complexity index is 1180. The van der Waals surface area contributed by atoms with E-state index >= 15 is 0 Å². The van der Waals surface area contributed by atoms with Gasteiger partial charge < -0.3 is 24.1 Å². The average Bonchev–Trinajstić information content (AvgIpc) is 2.88. The predicted octanol–water partition coefficient (Wildman–Crippen LogP) is 8.94. The maximum atomic E-state index is 12.1. The second-order valence-corrected chi connectivity index (χ2v) is 11.4. The second kappa shape index (κ2) is 14.2. The Hall–Kier alpha value is -3.51. The third-order valence-corrected chi connectivity index (χ3v) is 6.83. The quantitative estimate of drug-likeness (QED) is 0.138. The number of ether oxygens (including phenoxy) is 4. The molecule has 0 aliphatic rings. The van der Waals surface area contributed by atoms with Crippen molar-refractivity contribution in [3.05, 3.63) is 89.5 Å². The van der Waals surface area contributed by atoms with Crippen LogP contribution in [0, 0.1) is 0 Å². The topological polar surface area (TPSA) is 74.2 Å². The molecule has 0 bridgehead atoms. The fourth-order valence-electron chi connectivity index (χ4n) is 4.81. The Balaban J connectivity index is 1.76. The van der Waals surface area contributed by atoms with Crippen molar-refractivity contribution in [2.75, 3.05) is 6.61 Å². The first-order chi connectivity index (χ1) is 18.9. The van der Waals surface area contributed by atoms with E-state index in [0.29, 0.717) is 18.3 Å². The molecule has 0 saturated heterocycles. The van der Waals surface area contributed by atoms with Gasteiger partial charge in [0.05, 0.1) is 0 Å². The number of rotatable bonds is 12. The summed E-state index contributed by atoms with van der Waals surface area (Å²) in [6.45, 7) is 14.3. The van der Waals surface area contributed by atoms with Gasteiger partial charge in [0.2, 0.25) is 0 Å². The van der Waals surface area contributed by atoms with Crippen LogP contribution in [0.25, 0.3) is 0 Å². The van der Waals surface area contributed by atoms with Crippen molar-refractivity contribution in [3.8, 4) is 17.2 Å². The van der Waals surface area contributed by atoms with E-state index in [-0.39, 0.29) is 23.9 Å². The highest BCUT2D eigenvalue weighted by Crippen LogP contribution is 2.38. The van der Waals surface area contributed by atoms with Gasteiger partial charge in [-0.25, -0.2) is 4.79 Å². The van der Waals surface area contributed by atoms with Crippen LogP contribution in [0.1, 0.15) is 95.8 Å². The van der Waals surface area contributed by atoms with Crippen molar-refractivity contribution in [3.63, 3.8) is 0 Å². The maximum Gasteiger partial charge on any atom is 0.514 e. The van der Waals surface area contributed by atoms with Gasteiger partial charge in [0, 0.05) is 6.61 Å². The van der Waals surface area contributed by atoms with Crippen molar-refractivity contribution in [2.45, 2.75) is 91.0 Å². The molecule has 40 heavy (non-hydrogen) atoms. The van der Waals surface area contributed by atoms with Crippen LogP contribution in [0.4, 0.5) is 4.79 Å². The average molecular weight is 549 g/mol. The Morgan fingerprint density at radius 3 is 1.73 bits per heavy atom. The maximum absolute atomic E-state index is 12.1. The van der Waals surface area contributed by atoms with E-state index in [9.17, 15) is 9.90 Å². The molecule has 0 radical (unpaired) electrons. The Morgan fingerprint density at radius 2 is 1.23 bits per heavy atom. The molecule has 0 aliphatic heterocycles. The zero-order valence-electron chi connectivity index (χ0n) is 24.8. The van der Waals surface area contributed by atoms with Crippen LogP contribution in [0.5, 0.6) is 17.2 Å². The van der Waals surface area contributed by atoms with Crippen molar-refractivity contribution in [1.29, 1.82) is 0 Å². The number of phenolic OH excluding ortho intramolecular Hbond substituents is 1. The number of benzene rings is 3. The van der Waals surface area contributed by atoms with Gasteiger partial charge in [-0.2, -0.15) is 0 Å². The summed E-state index contributed by atoms with van der Waals surface area (Å²) in [5.74, 6) is 2.34. The SMILES string of the molecule is CCOC(C)Oc1ccc(C(C)CC(CC(C)c2ccc(O)cc2)c2ccc(OC(=O)OC(C)(C)C)cc2)cc1. The van der Waals surface area contributed by atoms with Crippen LogP contribution in [0.3, 0.4) is 0 Å². The van der Waals surface area contributed by atoms with E-state index in [1.54, 1.807) is 32.9 Å². The molecular formula is C34H44O6. The molecule has 6 nitrogen and oxygen atoms in total. The van der Waals surface area contributed by atoms with Gasteiger partial charge in [-0.3, -0.25) is 0 Å². The number of aromatic hydroxyl groups is 1. The van der Waals surface area contributed by atoms with Gasteiger partial charge in [0.15, 0.2) is 6.29 Å². The smallest absolute Gasteiger partial charge is 0.508 e. The van der Waals surface area contributed by atoms with Crippen LogP contribution in [-0.4, -0.2) is 29.8 Å². The lowest BCUT2D eigenvalue weighted by Gasteiger charge is -2.26. The van der Waals surface area contributed by atoms with Gasteiger partial charge in [-0.1, -0.05) is 50.2 Å². The summed E-state index contributed by atoms with van der Waals surface area (Å²) in [6.07, 6.45) is 0.856. The lowest BCUT2D eigenvalue weighted by Crippen LogP contribution is -2.25. The minimum Gasteiger partial charge on any atom is -0.508 e. The van der Waals surface area contributed by atoms with Crippen molar-refractivity contribution < 1.29 is 28.8 Å². The number of carbonyl (C=O) groups excluding carboxylic acids is 1. The monoisotopic (exact) mass is 548 g/mol. The van der Waals surface area contributed by atoms with Crippen molar-refractivity contribution >= 4 is 6.16 Å². The normalized spacial score (nSPS) is 14.6. The highest BCUT2D eigenvalue weighted by atomic mass is 16.7. The molecule has 3 aromatic rings. The van der Waals surface area contributed by atoms with Crippen LogP contribution < -0.4 is 9.47 Å². The van der Waals surface area contributed by atoms with E-state index < -0.39 is 11.8 Å². The molecule has 4 unspecified atom stereocenters. The number of hydrogen-bond acceptors (Lipinski definition) is 6. The molecule has 0 fully saturated rings. The summed E-state index contributed by atoms with van der Waals surface area (Å²) < 4.78 is 22.0. The molecule has 216 valence electrons. The van der Waals surface area contributed by atoms with Crippen LogP contribution in [0.2, 0.25) is 0 Å². The molecular weight excluding hydrogens is 504 g/mol. The van der Waals surface area contributed by atoms with Gasteiger partial charge in [-0.15, -0.1) is 0 Å². The number of hydrogen-bond donors (Lipinski definition) is 1. The molecule has 1 N–H and O–H groups in total. The van der Waals surface area contributed by atoms with Crippen LogP contribution in [0.15, 0.2) is 72.8 Å². The molecule has 3 rings (SSSR count).